The summed E-state index contributed by atoms with van der Waals surface area (Å²) < 4.78 is 25.8. The Kier molecular flexibility index (Phi) is 9.32. The Labute approximate surface area is 283 Å². The van der Waals surface area contributed by atoms with Gasteiger partial charge in [-0.25, -0.2) is 15.0 Å². The molecule has 1 atom stereocenters. The van der Waals surface area contributed by atoms with E-state index >= 15 is 0 Å². The lowest BCUT2D eigenvalue weighted by atomic mass is 9.96. The molecule has 0 spiro atoms. The lowest BCUT2D eigenvalue weighted by Gasteiger charge is -2.28. The molecule has 0 saturated carbocycles. The van der Waals surface area contributed by atoms with E-state index in [9.17, 15) is 9.13 Å². The van der Waals surface area contributed by atoms with Crippen LogP contribution in [0.25, 0.3) is 0 Å². The Morgan fingerprint density at radius 2 is 1.26 bits per heavy atom. The molecule has 0 aliphatic carbocycles. The zero-order valence-corrected chi connectivity index (χ0v) is 29.6. The second kappa shape index (κ2) is 13.3. The average molecular weight is 708 g/mol. The predicted octanol–water partition coefficient (Wildman–Crippen LogP) is 8.40. The van der Waals surface area contributed by atoms with Gasteiger partial charge in [0.1, 0.15) is 24.3 Å². The Bertz CT molecular complexity index is 2070. The Balaban J connectivity index is 1.21. The van der Waals surface area contributed by atoms with Gasteiger partial charge in [-0.1, -0.05) is 53.5 Å². The molecule has 0 fully saturated rings. The predicted molar refractivity (Wildman–Crippen MR) is 196 cm³/mol. The van der Waals surface area contributed by atoms with Gasteiger partial charge in [-0.2, -0.15) is 4.98 Å². The molecule has 10 nitrogen and oxygen atoms in total. The summed E-state index contributed by atoms with van der Waals surface area (Å²) >= 11 is 13.0. The minimum absolute atomic E-state index is 0.162. The Morgan fingerprint density at radius 3 is 1.87 bits per heavy atom. The molecule has 5 aromatic rings. The number of rotatable bonds is 9. The smallest absolute Gasteiger partial charge is 0.229 e. The number of benzene rings is 3. The molecule has 0 bridgehead atoms. The van der Waals surface area contributed by atoms with Crippen molar-refractivity contribution in [1.82, 2.24) is 19.9 Å². The maximum Gasteiger partial charge on any atom is 0.229 e. The van der Waals surface area contributed by atoms with E-state index < -0.39 is 14.3 Å². The first-order valence-electron chi connectivity index (χ1n) is 14.9. The van der Waals surface area contributed by atoms with Crippen molar-refractivity contribution in [3.8, 4) is 0 Å². The molecule has 14 heteroatoms. The van der Waals surface area contributed by atoms with Gasteiger partial charge in [-0.3, -0.25) is 0 Å². The summed E-state index contributed by atoms with van der Waals surface area (Å²) in [6.45, 7) is 6.93. The first-order chi connectivity index (χ1) is 22.4. The first-order valence-corrected chi connectivity index (χ1v) is 20.9. The van der Waals surface area contributed by atoms with Crippen molar-refractivity contribution in [3.63, 3.8) is 0 Å². The van der Waals surface area contributed by atoms with Gasteiger partial charge in [0.15, 0.2) is 17.5 Å². The number of anilines is 7. The van der Waals surface area contributed by atoms with Crippen molar-refractivity contribution in [2.45, 2.75) is 18.9 Å². The molecular formula is C33H34Cl2N8O2P2. The molecule has 2 aromatic heterocycles. The molecule has 0 saturated heterocycles. The lowest BCUT2D eigenvalue weighted by molar-refractivity contribution is 0.587. The van der Waals surface area contributed by atoms with E-state index in [1.54, 1.807) is 32.9 Å². The fourth-order valence-electron chi connectivity index (χ4n) is 5.48. The molecule has 3 heterocycles. The average Bonchev–Trinajstić information content (AvgIpc) is 3.03. The minimum Gasteiger partial charge on any atom is -0.375 e. The summed E-state index contributed by atoms with van der Waals surface area (Å²) in [7, 11) is -5.08. The molecule has 1 aliphatic heterocycles. The van der Waals surface area contributed by atoms with Gasteiger partial charge in [-0.15, -0.1) is 0 Å². The van der Waals surface area contributed by atoms with Crippen LogP contribution in [0.15, 0.2) is 79.1 Å². The van der Waals surface area contributed by atoms with E-state index in [1.807, 2.05) is 66.7 Å². The number of hydrogen-bond donors (Lipinski definition) is 4. The summed E-state index contributed by atoms with van der Waals surface area (Å²) in [4.78, 5) is 18.4. The fourth-order valence-corrected chi connectivity index (χ4v) is 8.06. The summed E-state index contributed by atoms with van der Waals surface area (Å²) in [5, 5.41) is 15.6. The van der Waals surface area contributed by atoms with Crippen LogP contribution in [0.3, 0.4) is 0 Å². The van der Waals surface area contributed by atoms with E-state index in [0.717, 1.165) is 35.1 Å². The SMILES string of the molecule is CP(C)(=O)c1ccccc1Nc1nc(Nc2cccc3c2CCC(c2ncc(Cl)c(Nc4ccccc4P(C)(C)=O)n2)N3)ncc1Cl. The van der Waals surface area contributed by atoms with E-state index in [-0.39, 0.29) is 6.04 Å². The molecule has 0 radical (unpaired) electrons. The molecule has 4 N–H and O–H groups in total. The molecule has 242 valence electrons. The van der Waals surface area contributed by atoms with Gasteiger partial charge in [0, 0.05) is 22.0 Å². The molecule has 3 aromatic carbocycles. The van der Waals surface area contributed by atoms with E-state index in [4.69, 9.17) is 28.2 Å². The zero-order chi connectivity index (χ0) is 33.3. The van der Waals surface area contributed by atoms with Crippen molar-refractivity contribution in [1.29, 1.82) is 0 Å². The number of hydrogen-bond acceptors (Lipinski definition) is 10. The second-order valence-corrected chi connectivity index (χ2v) is 19.2. The highest BCUT2D eigenvalue weighted by Crippen LogP contribution is 2.41. The van der Waals surface area contributed by atoms with Crippen molar-refractivity contribution < 1.29 is 9.13 Å². The lowest BCUT2D eigenvalue weighted by Crippen LogP contribution is -2.21. The van der Waals surface area contributed by atoms with Gasteiger partial charge < -0.3 is 30.4 Å². The van der Waals surface area contributed by atoms with Crippen molar-refractivity contribution in [3.05, 3.63) is 101 Å². The van der Waals surface area contributed by atoms with Gasteiger partial charge in [0.25, 0.3) is 0 Å². The van der Waals surface area contributed by atoms with Crippen LogP contribution in [0, 0.1) is 0 Å². The highest BCUT2D eigenvalue weighted by Gasteiger charge is 2.25. The summed E-state index contributed by atoms with van der Waals surface area (Å²) in [5.41, 5.74) is 4.25. The zero-order valence-electron chi connectivity index (χ0n) is 26.3. The van der Waals surface area contributed by atoms with Crippen LogP contribution in [-0.2, 0) is 15.6 Å². The maximum absolute atomic E-state index is 12.9. The van der Waals surface area contributed by atoms with Crippen LogP contribution in [0.5, 0.6) is 0 Å². The molecule has 6 rings (SSSR count). The summed E-state index contributed by atoms with van der Waals surface area (Å²) in [6, 6.07) is 20.7. The standard InChI is InChI=1S/C33H34Cl2N8O2P2/c1-46(2,44)28-14-7-5-10-25(28)39-30-21(34)18-36-32(42-30)27-17-16-20-23(38-27)12-9-13-24(20)41-33-37-19-22(35)31(43-33)40-26-11-6-8-15-29(26)47(3,4)45/h5-15,18-19,27,38H,16-17H2,1-4H3,(H,36,39,42)(H2,37,40,41,43). The third kappa shape index (κ3) is 7.47. The fraction of sp³-hybridized carbons (Fsp3) is 0.212. The third-order valence-electron chi connectivity index (χ3n) is 7.73. The van der Waals surface area contributed by atoms with Crippen LogP contribution in [0.4, 0.5) is 40.3 Å². The van der Waals surface area contributed by atoms with E-state index in [2.05, 4.69) is 36.2 Å². The van der Waals surface area contributed by atoms with Gasteiger partial charge >= 0.3 is 0 Å². The highest BCUT2D eigenvalue weighted by atomic mass is 35.5. The monoisotopic (exact) mass is 706 g/mol. The molecule has 1 unspecified atom stereocenters. The van der Waals surface area contributed by atoms with E-state index in [1.165, 1.54) is 6.20 Å². The molecule has 0 amide bonds. The number of nitrogens with zero attached hydrogens (tertiary/aromatic N) is 4. The molecule has 1 aliphatic rings. The normalized spacial score (nSPS) is 14.6. The topological polar surface area (TPSA) is 134 Å². The van der Waals surface area contributed by atoms with Crippen molar-refractivity contribution >= 4 is 88.4 Å². The molecular weight excluding hydrogens is 673 g/mol. The first kappa shape index (κ1) is 33.0. The van der Waals surface area contributed by atoms with E-state index in [0.29, 0.717) is 50.1 Å². The van der Waals surface area contributed by atoms with Gasteiger partial charge in [0.2, 0.25) is 5.95 Å². The minimum atomic E-state index is -2.55. The van der Waals surface area contributed by atoms with Crippen molar-refractivity contribution in [2.75, 3.05) is 47.9 Å². The number of halogens is 2. The van der Waals surface area contributed by atoms with Gasteiger partial charge in [-0.05, 0) is 81.5 Å². The molecule has 47 heavy (non-hydrogen) atoms. The Morgan fingerprint density at radius 1 is 0.702 bits per heavy atom. The van der Waals surface area contributed by atoms with Crippen LogP contribution >= 0.6 is 37.5 Å². The second-order valence-electron chi connectivity index (χ2n) is 12.0. The van der Waals surface area contributed by atoms with Gasteiger partial charge in [0.05, 0.1) is 29.8 Å². The number of fused-ring (bicyclic) bond motifs is 1. The largest absolute Gasteiger partial charge is 0.375 e. The highest BCUT2D eigenvalue weighted by molar-refractivity contribution is 7.70. The maximum atomic E-state index is 12.9. The quantitative estimate of drug-likeness (QED) is 0.111. The third-order valence-corrected chi connectivity index (χ3v) is 11.4. The Hall–Kier alpha value is -3.94. The summed E-state index contributed by atoms with van der Waals surface area (Å²) in [6.07, 6.45) is 4.58. The number of para-hydroxylation sites is 2. The van der Waals surface area contributed by atoms with Crippen molar-refractivity contribution in [2.24, 2.45) is 0 Å². The summed E-state index contributed by atoms with van der Waals surface area (Å²) in [5.74, 6) is 1.81. The number of aromatic nitrogens is 4. The van der Waals surface area contributed by atoms with Crippen LogP contribution in [0.1, 0.15) is 23.9 Å². The van der Waals surface area contributed by atoms with Crippen LogP contribution < -0.4 is 31.9 Å². The number of nitrogens with one attached hydrogen (secondary N) is 4. The van der Waals surface area contributed by atoms with Crippen LogP contribution in [-0.4, -0.2) is 46.6 Å². The van der Waals surface area contributed by atoms with Crippen LogP contribution in [0.2, 0.25) is 10.0 Å².